The summed E-state index contributed by atoms with van der Waals surface area (Å²) in [5.41, 5.74) is 1.03. The lowest BCUT2D eigenvalue weighted by Gasteiger charge is -2.09. The summed E-state index contributed by atoms with van der Waals surface area (Å²) >= 11 is 3.46. The molecule has 1 aromatic rings. The van der Waals surface area contributed by atoms with Crippen LogP contribution < -0.4 is 0 Å². The summed E-state index contributed by atoms with van der Waals surface area (Å²) < 4.78 is 1.03. The highest BCUT2D eigenvalue weighted by Crippen LogP contribution is 2.18. The molecule has 0 aromatic heterocycles. The second kappa shape index (κ2) is 5.85. The minimum atomic E-state index is 0.995. The van der Waals surface area contributed by atoms with Gasteiger partial charge in [-0.2, -0.15) is 0 Å². The maximum atomic E-state index is 5.35. The van der Waals surface area contributed by atoms with Crippen molar-refractivity contribution in [2.45, 2.75) is 25.7 Å². The minimum absolute atomic E-state index is 0.995. The standard InChI is InChI=1S/C13H14BrNO/c14-13-9-5-4-6-11(13)10-15-16-12-7-2-1-3-8-12/h4-7,9-10H,1-3,8H2. The van der Waals surface area contributed by atoms with E-state index in [0.717, 1.165) is 28.6 Å². The van der Waals surface area contributed by atoms with Gasteiger partial charge in [-0.25, -0.2) is 0 Å². The monoisotopic (exact) mass is 279 g/mol. The van der Waals surface area contributed by atoms with Crippen LogP contribution in [0, 0.1) is 0 Å². The van der Waals surface area contributed by atoms with Gasteiger partial charge in [0.05, 0.1) is 6.21 Å². The quantitative estimate of drug-likeness (QED) is 0.599. The van der Waals surface area contributed by atoms with E-state index in [4.69, 9.17) is 4.84 Å². The number of benzene rings is 1. The fourth-order valence-electron chi connectivity index (χ4n) is 1.62. The molecule has 84 valence electrons. The normalized spacial score (nSPS) is 16.2. The Kier molecular flexibility index (Phi) is 4.17. The molecule has 0 N–H and O–H groups in total. The van der Waals surface area contributed by atoms with Crippen LogP contribution in [0.1, 0.15) is 31.2 Å². The molecule has 1 aromatic carbocycles. The SMILES string of the molecule is Brc1ccccc1C=NOC1=CCCCC1. The molecule has 1 aliphatic rings. The Morgan fingerprint density at radius 1 is 1.25 bits per heavy atom. The topological polar surface area (TPSA) is 21.6 Å². The first kappa shape index (κ1) is 11.4. The third-order valence-electron chi connectivity index (χ3n) is 2.52. The summed E-state index contributed by atoms with van der Waals surface area (Å²) in [5, 5.41) is 4.00. The van der Waals surface area contributed by atoms with Crippen molar-refractivity contribution >= 4 is 22.1 Å². The number of allylic oxidation sites excluding steroid dienone is 2. The average molecular weight is 280 g/mol. The third-order valence-corrected chi connectivity index (χ3v) is 3.24. The molecular weight excluding hydrogens is 266 g/mol. The number of oxime groups is 1. The van der Waals surface area contributed by atoms with Crippen LogP contribution in [0.15, 0.2) is 45.7 Å². The van der Waals surface area contributed by atoms with Crippen molar-refractivity contribution in [2.24, 2.45) is 5.16 Å². The van der Waals surface area contributed by atoms with Crippen LogP contribution in [0.3, 0.4) is 0 Å². The fourth-order valence-corrected chi connectivity index (χ4v) is 2.01. The molecule has 0 saturated heterocycles. The molecule has 16 heavy (non-hydrogen) atoms. The highest BCUT2D eigenvalue weighted by molar-refractivity contribution is 9.10. The number of hydrogen-bond acceptors (Lipinski definition) is 2. The molecule has 2 nitrogen and oxygen atoms in total. The van der Waals surface area contributed by atoms with Crippen LogP contribution in [0.25, 0.3) is 0 Å². The predicted molar refractivity (Wildman–Crippen MR) is 69.4 cm³/mol. The van der Waals surface area contributed by atoms with Crippen LogP contribution in [-0.4, -0.2) is 6.21 Å². The van der Waals surface area contributed by atoms with E-state index in [1.807, 2.05) is 24.3 Å². The largest absolute Gasteiger partial charge is 0.362 e. The molecular formula is C13H14BrNO. The van der Waals surface area contributed by atoms with E-state index in [1.165, 1.54) is 12.8 Å². The van der Waals surface area contributed by atoms with Crippen LogP contribution in [-0.2, 0) is 4.84 Å². The molecule has 0 atom stereocenters. The van der Waals surface area contributed by atoms with Crippen molar-refractivity contribution in [1.82, 2.24) is 0 Å². The molecule has 0 amide bonds. The number of hydrogen-bond donors (Lipinski definition) is 0. The van der Waals surface area contributed by atoms with E-state index in [1.54, 1.807) is 6.21 Å². The first-order chi connectivity index (χ1) is 7.86. The fraction of sp³-hybridized carbons (Fsp3) is 0.308. The molecule has 0 spiro atoms. The van der Waals surface area contributed by atoms with E-state index in [0.29, 0.717) is 0 Å². The smallest absolute Gasteiger partial charge is 0.131 e. The van der Waals surface area contributed by atoms with Crippen molar-refractivity contribution in [1.29, 1.82) is 0 Å². The summed E-state index contributed by atoms with van der Waals surface area (Å²) in [6.07, 6.45) is 8.45. The van der Waals surface area contributed by atoms with Crippen LogP contribution in [0.5, 0.6) is 0 Å². The second-order valence-corrected chi connectivity index (χ2v) is 4.62. The Labute approximate surface area is 104 Å². The van der Waals surface area contributed by atoms with Crippen LogP contribution in [0.2, 0.25) is 0 Å². The molecule has 0 aliphatic heterocycles. The molecule has 1 aliphatic carbocycles. The van der Waals surface area contributed by atoms with Gasteiger partial charge < -0.3 is 4.84 Å². The van der Waals surface area contributed by atoms with Crippen molar-refractivity contribution in [3.05, 3.63) is 46.1 Å². The molecule has 0 unspecified atom stereocenters. The first-order valence-electron chi connectivity index (χ1n) is 5.50. The summed E-state index contributed by atoms with van der Waals surface area (Å²) in [5.74, 6) is 0.995. The van der Waals surface area contributed by atoms with Gasteiger partial charge in [0, 0.05) is 16.5 Å². The maximum absolute atomic E-state index is 5.35. The molecule has 0 saturated carbocycles. The van der Waals surface area contributed by atoms with Gasteiger partial charge in [0.25, 0.3) is 0 Å². The molecule has 2 rings (SSSR count). The molecule has 0 radical (unpaired) electrons. The summed E-state index contributed by atoms with van der Waals surface area (Å²) in [6, 6.07) is 7.94. The van der Waals surface area contributed by atoms with E-state index in [-0.39, 0.29) is 0 Å². The second-order valence-electron chi connectivity index (χ2n) is 3.76. The first-order valence-corrected chi connectivity index (χ1v) is 6.29. The third kappa shape index (κ3) is 3.20. The van der Waals surface area contributed by atoms with Gasteiger partial charge in [0.2, 0.25) is 0 Å². The zero-order valence-corrected chi connectivity index (χ0v) is 10.6. The van der Waals surface area contributed by atoms with Crippen molar-refractivity contribution < 1.29 is 4.84 Å². The van der Waals surface area contributed by atoms with E-state index in [2.05, 4.69) is 27.2 Å². The highest BCUT2D eigenvalue weighted by atomic mass is 79.9. The Balaban J connectivity index is 1.94. The Hall–Kier alpha value is -1.09. The number of halogens is 1. The van der Waals surface area contributed by atoms with Crippen molar-refractivity contribution in [3.8, 4) is 0 Å². The van der Waals surface area contributed by atoms with Gasteiger partial charge in [0.15, 0.2) is 0 Å². The Morgan fingerprint density at radius 3 is 2.88 bits per heavy atom. The van der Waals surface area contributed by atoms with Crippen molar-refractivity contribution in [3.63, 3.8) is 0 Å². The number of rotatable bonds is 3. The van der Waals surface area contributed by atoms with E-state index >= 15 is 0 Å². The van der Waals surface area contributed by atoms with Gasteiger partial charge in [-0.1, -0.05) is 39.3 Å². The van der Waals surface area contributed by atoms with Gasteiger partial charge in [0.1, 0.15) is 5.76 Å². The Morgan fingerprint density at radius 2 is 2.12 bits per heavy atom. The van der Waals surface area contributed by atoms with Crippen molar-refractivity contribution in [2.75, 3.05) is 0 Å². The minimum Gasteiger partial charge on any atom is -0.362 e. The lowest BCUT2D eigenvalue weighted by Crippen LogP contribution is -1.93. The Bertz CT molecular complexity index is 412. The maximum Gasteiger partial charge on any atom is 0.131 e. The zero-order valence-electron chi connectivity index (χ0n) is 9.03. The summed E-state index contributed by atoms with van der Waals surface area (Å²) in [6.45, 7) is 0. The van der Waals surface area contributed by atoms with Gasteiger partial charge in [-0.15, -0.1) is 0 Å². The van der Waals surface area contributed by atoms with E-state index in [9.17, 15) is 0 Å². The van der Waals surface area contributed by atoms with Gasteiger partial charge in [-0.05, 0) is 31.4 Å². The summed E-state index contributed by atoms with van der Waals surface area (Å²) in [4.78, 5) is 5.35. The molecule has 3 heteroatoms. The predicted octanol–water partition coefficient (Wildman–Crippen LogP) is 4.26. The highest BCUT2D eigenvalue weighted by Gasteiger charge is 2.03. The van der Waals surface area contributed by atoms with Gasteiger partial charge >= 0.3 is 0 Å². The molecule has 0 bridgehead atoms. The lowest BCUT2D eigenvalue weighted by atomic mass is 10.1. The molecule has 0 fully saturated rings. The molecule has 0 heterocycles. The lowest BCUT2D eigenvalue weighted by molar-refractivity contribution is 0.210. The summed E-state index contributed by atoms with van der Waals surface area (Å²) in [7, 11) is 0. The average Bonchev–Trinajstić information content (AvgIpc) is 2.33. The van der Waals surface area contributed by atoms with E-state index < -0.39 is 0 Å². The number of nitrogens with zero attached hydrogens (tertiary/aromatic N) is 1. The van der Waals surface area contributed by atoms with Crippen LogP contribution >= 0.6 is 15.9 Å². The van der Waals surface area contributed by atoms with Gasteiger partial charge in [-0.3, -0.25) is 0 Å². The van der Waals surface area contributed by atoms with Crippen LogP contribution in [0.4, 0.5) is 0 Å². The zero-order chi connectivity index (χ0) is 11.2.